The Labute approximate surface area is 161 Å². The van der Waals surface area contributed by atoms with Crippen molar-refractivity contribution >= 4 is 17.5 Å². The number of rotatable bonds is 9. The van der Waals surface area contributed by atoms with Crippen LogP contribution < -0.4 is 4.74 Å². The molecule has 0 bridgehead atoms. The quantitative estimate of drug-likeness (QED) is 0.447. The minimum atomic E-state index is -0.688. The number of hydrogen-bond acceptors (Lipinski definition) is 7. The van der Waals surface area contributed by atoms with Crippen LogP contribution in [0, 0.1) is 0 Å². The first-order valence-electron chi connectivity index (χ1n) is 8.51. The molecule has 0 amide bonds. The molecule has 1 heterocycles. The maximum Gasteiger partial charge on any atom is 0.276 e. The molecule has 2 aromatic carbocycles. The number of benzene rings is 2. The second kappa shape index (κ2) is 9.34. The average molecular weight is 384 g/mol. The number of carbonyl (C=O) groups excluding carboxylic acids is 1. The SMILES string of the molecule is CC(=O)c1ccc(OCC(O)CSc2nnc(Cc3ccccc3)o2)cc1. The zero-order valence-electron chi connectivity index (χ0n) is 14.9. The van der Waals surface area contributed by atoms with Crippen LogP contribution in [0.15, 0.2) is 64.2 Å². The van der Waals surface area contributed by atoms with E-state index in [2.05, 4.69) is 10.2 Å². The van der Waals surface area contributed by atoms with Gasteiger partial charge in [-0.3, -0.25) is 4.79 Å². The van der Waals surface area contributed by atoms with Gasteiger partial charge in [0.2, 0.25) is 5.89 Å². The fourth-order valence-corrected chi connectivity index (χ4v) is 3.02. The van der Waals surface area contributed by atoms with E-state index in [1.165, 1.54) is 18.7 Å². The average Bonchev–Trinajstić information content (AvgIpc) is 3.13. The van der Waals surface area contributed by atoms with E-state index in [9.17, 15) is 9.90 Å². The molecule has 1 aromatic heterocycles. The van der Waals surface area contributed by atoms with Crippen molar-refractivity contribution in [3.8, 4) is 5.75 Å². The van der Waals surface area contributed by atoms with Crippen LogP contribution in [0.4, 0.5) is 0 Å². The maximum absolute atomic E-state index is 11.2. The predicted octanol–water partition coefficient (Wildman–Crippen LogP) is 3.40. The molecule has 27 heavy (non-hydrogen) atoms. The molecule has 7 heteroatoms. The number of ether oxygens (including phenoxy) is 1. The van der Waals surface area contributed by atoms with Crippen molar-refractivity contribution in [1.29, 1.82) is 0 Å². The molecule has 0 spiro atoms. The van der Waals surface area contributed by atoms with E-state index in [1.807, 2.05) is 30.3 Å². The van der Waals surface area contributed by atoms with Gasteiger partial charge in [0.1, 0.15) is 12.4 Å². The summed E-state index contributed by atoms with van der Waals surface area (Å²) in [7, 11) is 0. The zero-order chi connectivity index (χ0) is 19.1. The maximum atomic E-state index is 11.2. The van der Waals surface area contributed by atoms with Crippen molar-refractivity contribution in [2.45, 2.75) is 24.7 Å². The van der Waals surface area contributed by atoms with E-state index in [1.54, 1.807) is 24.3 Å². The van der Waals surface area contributed by atoms with Gasteiger partial charge in [-0.1, -0.05) is 42.1 Å². The Hall–Kier alpha value is -2.64. The van der Waals surface area contributed by atoms with Crippen LogP contribution in [0.1, 0.15) is 28.7 Å². The van der Waals surface area contributed by atoms with Crippen LogP contribution in [-0.2, 0) is 6.42 Å². The highest BCUT2D eigenvalue weighted by molar-refractivity contribution is 7.99. The number of aliphatic hydroxyl groups excluding tert-OH is 1. The van der Waals surface area contributed by atoms with Gasteiger partial charge in [0, 0.05) is 11.3 Å². The molecular formula is C20H20N2O4S. The van der Waals surface area contributed by atoms with Gasteiger partial charge in [-0.2, -0.15) is 0 Å². The molecule has 0 fully saturated rings. The predicted molar refractivity (Wildman–Crippen MR) is 102 cm³/mol. The Balaban J connectivity index is 1.42. The summed E-state index contributed by atoms with van der Waals surface area (Å²) < 4.78 is 11.1. The Morgan fingerprint density at radius 3 is 2.59 bits per heavy atom. The molecule has 1 atom stereocenters. The number of nitrogens with zero attached hydrogens (tertiary/aromatic N) is 2. The lowest BCUT2D eigenvalue weighted by atomic mass is 10.1. The molecule has 0 saturated carbocycles. The van der Waals surface area contributed by atoms with Crippen LogP contribution in [0.5, 0.6) is 5.75 Å². The van der Waals surface area contributed by atoms with Crippen molar-refractivity contribution in [3.63, 3.8) is 0 Å². The fraction of sp³-hybridized carbons (Fsp3) is 0.250. The smallest absolute Gasteiger partial charge is 0.276 e. The first kappa shape index (κ1) is 19.1. The minimum absolute atomic E-state index is 0.00387. The summed E-state index contributed by atoms with van der Waals surface area (Å²) in [5.74, 6) is 1.52. The third kappa shape index (κ3) is 5.94. The van der Waals surface area contributed by atoms with Crippen molar-refractivity contribution in [2.24, 2.45) is 0 Å². The lowest BCUT2D eigenvalue weighted by Crippen LogP contribution is -2.20. The van der Waals surface area contributed by atoms with Crippen LogP contribution in [0.25, 0.3) is 0 Å². The standard InChI is InChI=1S/C20H20N2O4S/c1-14(23)16-7-9-18(10-8-16)25-12-17(24)13-27-20-22-21-19(26-20)11-15-5-3-2-4-6-15/h2-10,17,24H,11-13H2,1H3. The topological polar surface area (TPSA) is 85.5 Å². The fourth-order valence-electron chi connectivity index (χ4n) is 2.33. The second-order valence-electron chi connectivity index (χ2n) is 5.98. The Bertz CT molecular complexity index is 865. The van der Waals surface area contributed by atoms with E-state index in [4.69, 9.17) is 9.15 Å². The van der Waals surface area contributed by atoms with Crippen molar-refractivity contribution in [1.82, 2.24) is 10.2 Å². The van der Waals surface area contributed by atoms with Gasteiger partial charge >= 0.3 is 0 Å². The van der Waals surface area contributed by atoms with E-state index in [0.717, 1.165) is 5.56 Å². The molecule has 3 rings (SSSR count). The van der Waals surface area contributed by atoms with E-state index >= 15 is 0 Å². The zero-order valence-corrected chi connectivity index (χ0v) is 15.7. The number of thioether (sulfide) groups is 1. The van der Waals surface area contributed by atoms with Crippen molar-refractivity contribution < 1.29 is 19.1 Å². The Morgan fingerprint density at radius 2 is 1.89 bits per heavy atom. The third-order valence-electron chi connectivity index (χ3n) is 3.75. The summed E-state index contributed by atoms with van der Waals surface area (Å²) in [5.41, 5.74) is 1.73. The Morgan fingerprint density at radius 1 is 1.15 bits per heavy atom. The number of aliphatic hydroxyl groups is 1. The van der Waals surface area contributed by atoms with Crippen LogP contribution in [-0.4, -0.2) is 39.6 Å². The number of Topliss-reactive ketones (excluding diaryl/α,β-unsaturated/α-hetero) is 1. The summed E-state index contributed by atoms with van der Waals surface area (Å²) in [5, 5.41) is 18.5. The van der Waals surface area contributed by atoms with E-state index < -0.39 is 6.10 Å². The molecule has 1 unspecified atom stereocenters. The van der Waals surface area contributed by atoms with Gasteiger partial charge in [0.15, 0.2) is 5.78 Å². The highest BCUT2D eigenvalue weighted by Gasteiger charge is 2.12. The first-order valence-corrected chi connectivity index (χ1v) is 9.49. The summed E-state index contributed by atoms with van der Waals surface area (Å²) in [6, 6.07) is 16.7. The van der Waals surface area contributed by atoms with Gasteiger partial charge in [-0.25, -0.2) is 0 Å². The van der Waals surface area contributed by atoms with Crippen molar-refractivity contribution in [3.05, 3.63) is 71.6 Å². The molecular weight excluding hydrogens is 364 g/mol. The lowest BCUT2D eigenvalue weighted by Gasteiger charge is -2.11. The number of aromatic nitrogens is 2. The summed E-state index contributed by atoms with van der Waals surface area (Å²) in [6.07, 6.45) is -0.108. The highest BCUT2D eigenvalue weighted by Crippen LogP contribution is 2.19. The lowest BCUT2D eigenvalue weighted by molar-refractivity contribution is 0.101. The van der Waals surface area contributed by atoms with Crippen LogP contribution in [0.3, 0.4) is 0 Å². The number of ketones is 1. The van der Waals surface area contributed by atoms with Gasteiger partial charge in [-0.05, 0) is 36.8 Å². The van der Waals surface area contributed by atoms with E-state index in [-0.39, 0.29) is 12.4 Å². The van der Waals surface area contributed by atoms with Crippen molar-refractivity contribution in [2.75, 3.05) is 12.4 Å². The molecule has 0 saturated heterocycles. The monoisotopic (exact) mass is 384 g/mol. The van der Waals surface area contributed by atoms with Gasteiger partial charge in [-0.15, -0.1) is 10.2 Å². The molecule has 3 aromatic rings. The largest absolute Gasteiger partial charge is 0.491 e. The third-order valence-corrected chi connectivity index (χ3v) is 4.71. The molecule has 0 radical (unpaired) electrons. The van der Waals surface area contributed by atoms with Crippen LogP contribution >= 0.6 is 11.8 Å². The van der Waals surface area contributed by atoms with Gasteiger partial charge < -0.3 is 14.3 Å². The minimum Gasteiger partial charge on any atom is -0.491 e. The Kier molecular flexibility index (Phi) is 6.62. The molecule has 6 nitrogen and oxygen atoms in total. The molecule has 0 aliphatic rings. The normalized spacial score (nSPS) is 11.9. The number of hydrogen-bond donors (Lipinski definition) is 1. The van der Waals surface area contributed by atoms with E-state index in [0.29, 0.717) is 34.6 Å². The summed E-state index contributed by atoms with van der Waals surface area (Å²) in [4.78, 5) is 11.2. The molecule has 1 N–H and O–H groups in total. The number of carbonyl (C=O) groups is 1. The first-order chi connectivity index (χ1) is 13.1. The highest BCUT2D eigenvalue weighted by atomic mass is 32.2. The molecule has 0 aliphatic heterocycles. The van der Waals surface area contributed by atoms with Crippen LogP contribution in [0.2, 0.25) is 0 Å². The summed E-state index contributed by atoms with van der Waals surface area (Å²) >= 11 is 1.29. The molecule has 0 aliphatic carbocycles. The summed E-state index contributed by atoms with van der Waals surface area (Å²) in [6.45, 7) is 1.65. The second-order valence-corrected chi connectivity index (χ2v) is 6.95. The van der Waals surface area contributed by atoms with Gasteiger partial charge in [0.05, 0.1) is 12.5 Å². The molecule has 140 valence electrons. The van der Waals surface area contributed by atoms with Gasteiger partial charge in [0.25, 0.3) is 5.22 Å².